The van der Waals surface area contributed by atoms with Crippen molar-refractivity contribution in [2.75, 3.05) is 6.61 Å². The van der Waals surface area contributed by atoms with Crippen LogP contribution in [0.15, 0.2) is 0 Å². The number of hydrogen-bond acceptors (Lipinski definition) is 2. The van der Waals surface area contributed by atoms with Gasteiger partial charge in [-0.15, -0.1) is 0 Å². The maximum Gasteiger partial charge on any atom is 0.283 e. The van der Waals surface area contributed by atoms with E-state index >= 15 is 0 Å². The summed E-state index contributed by atoms with van der Waals surface area (Å²) in [7, 11) is -1.28. The molecule has 10 heavy (non-hydrogen) atoms. The van der Waals surface area contributed by atoms with Gasteiger partial charge in [-0.1, -0.05) is 0 Å². The zero-order chi connectivity index (χ0) is 7.40. The van der Waals surface area contributed by atoms with E-state index in [1.165, 1.54) is 6.42 Å². The highest BCUT2D eigenvalue weighted by molar-refractivity contribution is 6.52. The van der Waals surface area contributed by atoms with E-state index in [2.05, 4.69) is 4.98 Å². The zero-order valence-electron chi connectivity index (χ0n) is 5.89. The lowest BCUT2D eigenvalue weighted by atomic mass is 10.4. The van der Waals surface area contributed by atoms with Crippen molar-refractivity contribution in [1.29, 1.82) is 5.41 Å². The van der Waals surface area contributed by atoms with Gasteiger partial charge in [-0.05, 0) is 18.9 Å². The van der Waals surface area contributed by atoms with Gasteiger partial charge in [0, 0.05) is 6.61 Å². The van der Waals surface area contributed by atoms with Gasteiger partial charge in [0.05, 0.1) is 0 Å². The number of hydrogen-bond donors (Lipinski definition) is 3. The van der Waals surface area contributed by atoms with Crippen molar-refractivity contribution in [2.24, 2.45) is 5.73 Å². The fraction of sp³-hybridized carbons (Fsp3) is 0.800. The molecule has 0 aromatic rings. The summed E-state index contributed by atoms with van der Waals surface area (Å²) in [4.78, 5) is 2.86. The second-order valence-electron chi connectivity index (χ2n) is 2.41. The fourth-order valence-electron chi connectivity index (χ4n) is 1.03. The number of nitrogens with two attached hydrogens (primary N) is 1. The highest BCUT2D eigenvalue weighted by Gasteiger charge is 2.15. The summed E-state index contributed by atoms with van der Waals surface area (Å²) >= 11 is 0. The highest BCUT2D eigenvalue weighted by Crippen LogP contribution is 2.07. The Labute approximate surface area is 62.1 Å². The minimum atomic E-state index is -1.28. The van der Waals surface area contributed by atoms with Crippen LogP contribution >= 0.6 is 0 Å². The average molecular weight is 159 g/mol. The first-order valence-electron chi connectivity index (χ1n) is 3.51. The molecule has 0 amide bonds. The van der Waals surface area contributed by atoms with E-state index in [1.807, 2.05) is 0 Å². The van der Waals surface area contributed by atoms with Gasteiger partial charge in [0.25, 0.3) is 9.20 Å². The maximum absolute atomic E-state index is 6.95. The molecule has 5 heteroatoms. The maximum atomic E-state index is 6.95. The third-order valence-corrected chi connectivity index (χ3v) is 3.70. The Morgan fingerprint density at radius 3 is 2.90 bits per heavy atom. The van der Waals surface area contributed by atoms with Crippen molar-refractivity contribution in [1.82, 2.24) is 4.98 Å². The first-order valence-corrected chi connectivity index (χ1v) is 5.38. The molecule has 1 heterocycles. The molecule has 1 unspecified atom stereocenters. The lowest BCUT2D eigenvalue weighted by Gasteiger charge is -2.21. The van der Waals surface area contributed by atoms with E-state index in [0.717, 1.165) is 19.1 Å². The first kappa shape index (κ1) is 7.55. The Balaban J connectivity index is 2.19. The van der Waals surface area contributed by atoms with Crippen LogP contribution in [0.1, 0.15) is 12.8 Å². The van der Waals surface area contributed by atoms with Crippen molar-refractivity contribution < 1.29 is 4.43 Å². The van der Waals surface area contributed by atoms with Crippen LogP contribution in [0.25, 0.3) is 0 Å². The van der Waals surface area contributed by atoms with Gasteiger partial charge in [0.15, 0.2) is 5.96 Å². The molecule has 1 saturated heterocycles. The minimum absolute atomic E-state index is 0.0542. The van der Waals surface area contributed by atoms with E-state index in [0.29, 0.717) is 0 Å². The topological polar surface area (TPSA) is 71.1 Å². The first-order chi connectivity index (χ1) is 4.79. The second kappa shape index (κ2) is 3.57. The molecule has 0 aromatic carbocycles. The van der Waals surface area contributed by atoms with E-state index in [1.54, 1.807) is 0 Å². The van der Waals surface area contributed by atoms with Crippen molar-refractivity contribution >= 4 is 15.2 Å². The Bertz CT molecular complexity index is 124. The van der Waals surface area contributed by atoms with Crippen LogP contribution in [0, 0.1) is 5.41 Å². The SMILES string of the molecule is N=C(N)N[SiH]1CCCCO1. The molecule has 1 fully saturated rings. The predicted octanol–water partition coefficient (Wildman–Crippen LogP) is -0.500. The Morgan fingerprint density at radius 2 is 2.40 bits per heavy atom. The molecular formula is C5H13N3OSi. The fourth-order valence-corrected chi connectivity index (χ4v) is 2.88. The molecule has 0 bridgehead atoms. The van der Waals surface area contributed by atoms with Gasteiger partial charge in [-0.3, -0.25) is 5.41 Å². The molecule has 1 atom stereocenters. The number of rotatable bonds is 1. The van der Waals surface area contributed by atoms with Crippen LogP contribution in [0.2, 0.25) is 6.04 Å². The van der Waals surface area contributed by atoms with Crippen molar-refractivity contribution in [3.63, 3.8) is 0 Å². The lowest BCUT2D eigenvalue weighted by Crippen LogP contribution is -2.46. The monoisotopic (exact) mass is 159 g/mol. The summed E-state index contributed by atoms with van der Waals surface area (Å²) in [6.45, 7) is 0.844. The van der Waals surface area contributed by atoms with Gasteiger partial charge < -0.3 is 15.1 Å². The van der Waals surface area contributed by atoms with Gasteiger partial charge in [-0.25, -0.2) is 0 Å². The molecule has 1 aliphatic rings. The number of guanidine groups is 1. The molecule has 4 N–H and O–H groups in total. The summed E-state index contributed by atoms with van der Waals surface area (Å²) < 4.78 is 5.40. The minimum Gasteiger partial charge on any atom is -0.401 e. The molecule has 0 aromatic heterocycles. The zero-order valence-corrected chi connectivity index (χ0v) is 7.05. The van der Waals surface area contributed by atoms with Crippen molar-refractivity contribution in [3.8, 4) is 0 Å². The molecule has 58 valence electrons. The van der Waals surface area contributed by atoms with Gasteiger partial charge in [0.2, 0.25) is 0 Å². The Morgan fingerprint density at radius 1 is 1.60 bits per heavy atom. The van der Waals surface area contributed by atoms with E-state index in [4.69, 9.17) is 15.6 Å². The van der Waals surface area contributed by atoms with Crippen LogP contribution in [0.5, 0.6) is 0 Å². The van der Waals surface area contributed by atoms with E-state index < -0.39 is 9.20 Å². The standard InChI is InChI=1S/C5H13N3OSi/c6-5(7)8-10-4-2-1-3-9-10/h10H,1-4H2,(H4,6,7,8). The summed E-state index contributed by atoms with van der Waals surface area (Å²) in [5, 5.41) is 6.95. The summed E-state index contributed by atoms with van der Waals surface area (Å²) in [5.74, 6) is 0.0542. The molecule has 0 radical (unpaired) electrons. The molecule has 0 saturated carbocycles. The van der Waals surface area contributed by atoms with Crippen molar-refractivity contribution in [3.05, 3.63) is 0 Å². The molecule has 1 rings (SSSR count). The Hall–Kier alpha value is -0.553. The second-order valence-corrected chi connectivity index (χ2v) is 4.59. The summed E-state index contributed by atoms with van der Waals surface area (Å²) in [6.07, 6.45) is 2.38. The van der Waals surface area contributed by atoms with Gasteiger partial charge >= 0.3 is 0 Å². The van der Waals surface area contributed by atoms with Crippen LogP contribution < -0.4 is 10.7 Å². The smallest absolute Gasteiger partial charge is 0.283 e. The largest absolute Gasteiger partial charge is 0.401 e. The third-order valence-electron chi connectivity index (χ3n) is 1.50. The van der Waals surface area contributed by atoms with Crippen LogP contribution in [0.4, 0.5) is 0 Å². The van der Waals surface area contributed by atoms with Gasteiger partial charge in [0.1, 0.15) is 0 Å². The van der Waals surface area contributed by atoms with Crippen LogP contribution in [-0.2, 0) is 4.43 Å². The Kier molecular flexibility index (Phi) is 2.70. The molecule has 0 spiro atoms. The molecule has 4 nitrogen and oxygen atoms in total. The molecular weight excluding hydrogens is 146 g/mol. The lowest BCUT2D eigenvalue weighted by molar-refractivity contribution is 0.283. The van der Waals surface area contributed by atoms with Crippen LogP contribution in [-0.4, -0.2) is 21.8 Å². The van der Waals surface area contributed by atoms with Crippen molar-refractivity contribution in [2.45, 2.75) is 18.9 Å². The summed E-state index contributed by atoms with van der Waals surface area (Å²) in [6, 6.07) is 1.10. The molecule has 1 aliphatic heterocycles. The molecule has 0 aliphatic carbocycles. The summed E-state index contributed by atoms with van der Waals surface area (Å²) in [5.41, 5.74) is 5.15. The average Bonchev–Trinajstić information content (AvgIpc) is 1.88. The van der Waals surface area contributed by atoms with E-state index in [9.17, 15) is 0 Å². The number of nitrogens with one attached hydrogen (secondary N) is 2. The van der Waals surface area contributed by atoms with E-state index in [-0.39, 0.29) is 5.96 Å². The highest BCUT2D eigenvalue weighted by atomic mass is 28.3. The third kappa shape index (κ3) is 2.36. The van der Waals surface area contributed by atoms with Gasteiger partial charge in [-0.2, -0.15) is 0 Å². The van der Waals surface area contributed by atoms with Crippen LogP contribution in [0.3, 0.4) is 0 Å². The predicted molar refractivity (Wildman–Crippen MR) is 42.2 cm³/mol. The normalized spacial score (nSPS) is 25.8. The quantitative estimate of drug-likeness (QED) is 0.274.